The van der Waals surface area contributed by atoms with Gasteiger partial charge in [-0.05, 0) is 61.2 Å². The second-order valence-corrected chi connectivity index (χ2v) is 7.52. The first-order valence-electron chi connectivity index (χ1n) is 9.62. The summed E-state index contributed by atoms with van der Waals surface area (Å²) in [5.41, 5.74) is 4.09. The summed E-state index contributed by atoms with van der Waals surface area (Å²) in [6, 6.07) is 11.2. The van der Waals surface area contributed by atoms with Crippen LogP contribution in [0.5, 0.6) is 5.75 Å². The molecule has 7 heteroatoms. The molecule has 0 atom stereocenters. The number of ether oxygens (including phenoxy) is 1. The first-order chi connectivity index (χ1) is 14.1. The van der Waals surface area contributed by atoms with E-state index in [1.54, 1.807) is 19.2 Å². The minimum Gasteiger partial charge on any atom is -0.495 e. The van der Waals surface area contributed by atoms with Gasteiger partial charge in [0.2, 0.25) is 17.6 Å². The van der Waals surface area contributed by atoms with Crippen LogP contribution in [0, 0.1) is 6.92 Å². The van der Waals surface area contributed by atoms with E-state index >= 15 is 0 Å². The monoisotopic (exact) mass is 411 g/mol. The average Bonchev–Trinajstić information content (AvgIpc) is 3.22. The van der Waals surface area contributed by atoms with Gasteiger partial charge in [0.15, 0.2) is 0 Å². The van der Waals surface area contributed by atoms with Crippen LogP contribution in [0.4, 0.5) is 5.69 Å². The van der Waals surface area contributed by atoms with Gasteiger partial charge >= 0.3 is 0 Å². The predicted octanol–water partition coefficient (Wildman–Crippen LogP) is 4.62. The van der Waals surface area contributed by atoms with Crippen molar-refractivity contribution < 1.29 is 14.1 Å². The zero-order valence-electron chi connectivity index (χ0n) is 16.4. The van der Waals surface area contributed by atoms with Gasteiger partial charge in [0.1, 0.15) is 5.75 Å². The molecule has 0 bridgehead atoms. The van der Waals surface area contributed by atoms with Crippen molar-refractivity contribution in [1.29, 1.82) is 0 Å². The van der Waals surface area contributed by atoms with Crippen molar-refractivity contribution in [1.82, 2.24) is 10.1 Å². The summed E-state index contributed by atoms with van der Waals surface area (Å²) in [6.45, 7) is 2.76. The van der Waals surface area contributed by atoms with Crippen molar-refractivity contribution in [2.75, 3.05) is 18.6 Å². The lowest BCUT2D eigenvalue weighted by molar-refractivity contribution is -0.118. The largest absolute Gasteiger partial charge is 0.495 e. The quantitative estimate of drug-likeness (QED) is 0.612. The number of benzene rings is 2. The summed E-state index contributed by atoms with van der Waals surface area (Å²) < 4.78 is 10.9. The standard InChI is InChI=1S/C22H22ClN3O3/c1-14-5-10-18(28-2)21-17(14)4-3-13-26(21)20(27)12-11-19-24-22(25-29-19)15-6-8-16(23)9-7-15/h5-10H,3-4,11-13H2,1-2H3. The Bertz CT molecular complexity index is 1030. The number of aryl methyl sites for hydroxylation is 2. The van der Waals surface area contributed by atoms with Crippen LogP contribution < -0.4 is 9.64 Å². The van der Waals surface area contributed by atoms with Crippen LogP contribution in [0.15, 0.2) is 40.9 Å². The third-order valence-corrected chi connectivity index (χ3v) is 5.45. The molecule has 3 aromatic rings. The van der Waals surface area contributed by atoms with E-state index in [1.165, 1.54) is 11.1 Å². The molecule has 0 spiro atoms. The number of methoxy groups -OCH3 is 1. The molecule has 1 amide bonds. The van der Waals surface area contributed by atoms with Crippen molar-refractivity contribution in [2.24, 2.45) is 0 Å². The molecule has 0 aliphatic carbocycles. The highest BCUT2D eigenvalue weighted by atomic mass is 35.5. The normalized spacial score (nSPS) is 13.3. The Kier molecular flexibility index (Phi) is 5.53. The zero-order chi connectivity index (χ0) is 20.4. The first kappa shape index (κ1) is 19.5. The third kappa shape index (κ3) is 3.98. The van der Waals surface area contributed by atoms with Gasteiger partial charge in [0.05, 0.1) is 12.8 Å². The van der Waals surface area contributed by atoms with Gasteiger partial charge in [-0.15, -0.1) is 0 Å². The Morgan fingerprint density at radius 1 is 1.24 bits per heavy atom. The van der Waals surface area contributed by atoms with Crippen LogP contribution in [-0.4, -0.2) is 29.7 Å². The van der Waals surface area contributed by atoms with E-state index in [0.29, 0.717) is 36.1 Å². The number of halogens is 1. The topological polar surface area (TPSA) is 68.5 Å². The molecule has 0 N–H and O–H groups in total. The molecule has 0 fully saturated rings. The number of amides is 1. The second kappa shape index (κ2) is 8.25. The molecular weight excluding hydrogens is 390 g/mol. The molecule has 1 aliphatic rings. The fourth-order valence-corrected chi connectivity index (χ4v) is 3.81. The van der Waals surface area contributed by atoms with Crippen molar-refractivity contribution >= 4 is 23.2 Å². The Balaban J connectivity index is 1.48. The Morgan fingerprint density at radius 3 is 2.79 bits per heavy atom. The van der Waals surface area contributed by atoms with E-state index in [0.717, 1.165) is 29.8 Å². The molecule has 4 rings (SSSR count). The van der Waals surface area contributed by atoms with E-state index in [-0.39, 0.29) is 5.91 Å². The summed E-state index contributed by atoms with van der Waals surface area (Å²) >= 11 is 5.91. The van der Waals surface area contributed by atoms with E-state index in [1.807, 2.05) is 29.2 Å². The van der Waals surface area contributed by atoms with Crippen LogP contribution >= 0.6 is 11.6 Å². The summed E-state index contributed by atoms with van der Waals surface area (Å²) in [7, 11) is 1.64. The lowest BCUT2D eigenvalue weighted by Gasteiger charge is -2.32. The number of hydrogen-bond acceptors (Lipinski definition) is 5. The minimum atomic E-state index is 0.0288. The van der Waals surface area contributed by atoms with Crippen LogP contribution in [0.1, 0.15) is 29.9 Å². The molecule has 6 nitrogen and oxygen atoms in total. The fourth-order valence-electron chi connectivity index (χ4n) is 3.69. The highest BCUT2D eigenvalue weighted by Crippen LogP contribution is 2.38. The van der Waals surface area contributed by atoms with Crippen LogP contribution in [0.2, 0.25) is 5.02 Å². The number of hydrogen-bond donors (Lipinski definition) is 0. The smallest absolute Gasteiger partial charge is 0.227 e. The fraction of sp³-hybridized carbons (Fsp3) is 0.318. The van der Waals surface area contributed by atoms with E-state index in [4.69, 9.17) is 20.9 Å². The Morgan fingerprint density at radius 2 is 2.03 bits per heavy atom. The lowest BCUT2D eigenvalue weighted by atomic mass is 9.96. The molecule has 0 unspecified atom stereocenters. The Hall–Kier alpha value is -2.86. The number of fused-ring (bicyclic) bond motifs is 1. The number of nitrogens with zero attached hydrogens (tertiary/aromatic N) is 3. The van der Waals surface area contributed by atoms with Gasteiger partial charge in [0.25, 0.3) is 0 Å². The Labute approximate surface area is 174 Å². The second-order valence-electron chi connectivity index (χ2n) is 7.08. The maximum atomic E-state index is 13.0. The van der Waals surface area contributed by atoms with Crippen LogP contribution in [-0.2, 0) is 17.6 Å². The van der Waals surface area contributed by atoms with E-state index in [9.17, 15) is 4.79 Å². The highest BCUT2D eigenvalue weighted by Gasteiger charge is 2.27. The molecule has 2 aromatic carbocycles. The molecule has 0 saturated carbocycles. The van der Waals surface area contributed by atoms with Gasteiger partial charge in [-0.3, -0.25) is 4.79 Å². The summed E-state index contributed by atoms with van der Waals surface area (Å²) in [6.07, 6.45) is 2.57. The number of carbonyl (C=O) groups is 1. The predicted molar refractivity (Wildman–Crippen MR) is 111 cm³/mol. The van der Waals surface area contributed by atoms with Gasteiger partial charge in [-0.2, -0.15) is 4.98 Å². The molecule has 1 aromatic heterocycles. The number of aromatic nitrogens is 2. The zero-order valence-corrected chi connectivity index (χ0v) is 17.2. The maximum Gasteiger partial charge on any atom is 0.227 e. The molecule has 0 radical (unpaired) electrons. The molecule has 0 saturated heterocycles. The minimum absolute atomic E-state index is 0.0288. The van der Waals surface area contributed by atoms with Gasteiger partial charge in [0, 0.05) is 30.0 Å². The molecule has 1 aliphatic heterocycles. The summed E-state index contributed by atoms with van der Waals surface area (Å²) in [5, 5.41) is 4.66. The summed E-state index contributed by atoms with van der Waals surface area (Å²) in [4.78, 5) is 19.2. The van der Waals surface area contributed by atoms with Gasteiger partial charge in [-0.1, -0.05) is 22.8 Å². The van der Waals surface area contributed by atoms with E-state index < -0.39 is 0 Å². The van der Waals surface area contributed by atoms with Crippen molar-refractivity contribution in [3.63, 3.8) is 0 Å². The maximum absolute atomic E-state index is 13.0. The summed E-state index contributed by atoms with van der Waals surface area (Å²) in [5.74, 6) is 1.70. The van der Waals surface area contributed by atoms with Crippen molar-refractivity contribution in [3.05, 3.63) is 58.4 Å². The number of carbonyl (C=O) groups excluding carboxylic acids is 1. The SMILES string of the molecule is COc1ccc(C)c2c1N(C(=O)CCc1nc(-c3ccc(Cl)cc3)no1)CCC2. The average molecular weight is 412 g/mol. The number of rotatable bonds is 5. The molecule has 2 heterocycles. The van der Waals surface area contributed by atoms with E-state index in [2.05, 4.69) is 17.1 Å². The molecular formula is C22H22ClN3O3. The highest BCUT2D eigenvalue weighted by molar-refractivity contribution is 6.30. The third-order valence-electron chi connectivity index (χ3n) is 5.20. The van der Waals surface area contributed by atoms with Gasteiger partial charge < -0.3 is 14.2 Å². The molecule has 29 heavy (non-hydrogen) atoms. The van der Waals surface area contributed by atoms with Gasteiger partial charge in [-0.25, -0.2) is 0 Å². The van der Waals surface area contributed by atoms with Crippen molar-refractivity contribution in [2.45, 2.75) is 32.6 Å². The van der Waals surface area contributed by atoms with Crippen LogP contribution in [0.25, 0.3) is 11.4 Å². The van der Waals surface area contributed by atoms with Crippen molar-refractivity contribution in [3.8, 4) is 17.1 Å². The first-order valence-corrected chi connectivity index (χ1v) is 10.00. The molecule has 150 valence electrons. The van der Waals surface area contributed by atoms with Crippen LogP contribution in [0.3, 0.4) is 0 Å². The number of anilines is 1. The lowest BCUT2D eigenvalue weighted by Crippen LogP contribution is -2.36.